The van der Waals surface area contributed by atoms with Gasteiger partial charge in [0.1, 0.15) is 0 Å². The van der Waals surface area contributed by atoms with Crippen molar-refractivity contribution in [3.8, 4) is 0 Å². The molecule has 0 saturated heterocycles. The lowest BCUT2D eigenvalue weighted by molar-refractivity contribution is 0.688. The highest BCUT2D eigenvalue weighted by atomic mass is 35.5. The van der Waals surface area contributed by atoms with E-state index in [4.69, 9.17) is 11.6 Å². The zero-order valence-corrected chi connectivity index (χ0v) is 14.0. The van der Waals surface area contributed by atoms with Crippen molar-refractivity contribution in [1.29, 1.82) is 0 Å². The highest BCUT2D eigenvalue weighted by molar-refractivity contribution is 6.30. The summed E-state index contributed by atoms with van der Waals surface area (Å²) >= 11 is 5.88. The molecule has 3 nitrogen and oxygen atoms in total. The molecule has 118 valence electrons. The van der Waals surface area contributed by atoms with E-state index in [-0.39, 0.29) is 5.56 Å². The van der Waals surface area contributed by atoms with Crippen LogP contribution in [0.25, 0.3) is 10.9 Å². The van der Waals surface area contributed by atoms with Crippen LogP contribution in [-0.2, 0) is 13.1 Å². The van der Waals surface area contributed by atoms with Gasteiger partial charge < -0.3 is 10.3 Å². The fourth-order valence-electron chi connectivity index (χ4n) is 2.79. The number of pyridine rings is 1. The minimum absolute atomic E-state index is 0.0360. The Balaban J connectivity index is 1.78. The predicted octanol–water partition coefficient (Wildman–Crippen LogP) is 4.09. The molecule has 1 aromatic heterocycles. The molecule has 0 atom stereocenters. The zero-order chi connectivity index (χ0) is 16.4. The quantitative estimate of drug-likeness (QED) is 0.758. The summed E-state index contributed by atoms with van der Waals surface area (Å²) in [7, 11) is 0. The van der Waals surface area contributed by atoms with Crippen LogP contribution in [0.15, 0.2) is 47.3 Å². The molecule has 2 aromatic carbocycles. The summed E-state index contributed by atoms with van der Waals surface area (Å²) in [4.78, 5) is 15.2. The van der Waals surface area contributed by atoms with Crippen LogP contribution in [0.4, 0.5) is 0 Å². The van der Waals surface area contributed by atoms with E-state index in [0.717, 1.165) is 32.6 Å². The lowest BCUT2D eigenvalue weighted by Gasteiger charge is -2.08. The number of nitrogens with one attached hydrogen (secondary N) is 2. The molecule has 1 heterocycles. The Kier molecular flexibility index (Phi) is 4.51. The lowest BCUT2D eigenvalue weighted by atomic mass is 10.0. The summed E-state index contributed by atoms with van der Waals surface area (Å²) < 4.78 is 0. The van der Waals surface area contributed by atoms with E-state index in [9.17, 15) is 4.79 Å². The van der Waals surface area contributed by atoms with Crippen molar-refractivity contribution in [1.82, 2.24) is 10.3 Å². The molecule has 0 saturated carbocycles. The summed E-state index contributed by atoms with van der Waals surface area (Å²) in [6, 6.07) is 13.8. The topological polar surface area (TPSA) is 44.9 Å². The number of hydrogen-bond acceptors (Lipinski definition) is 2. The van der Waals surface area contributed by atoms with Crippen LogP contribution >= 0.6 is 11.6 Å². The van der Waals surface area contributed by atoms with Crippen LogP contribution in [-0.4, -0.2) is 4.98 Å². The van der Waals surface area contributed by atoms with Crippen LogP contribution < -0.4 is 10.9 Å². The summed E-state index contributed by atoms with van der Waals surface area (Å²) in [5.74, 6) is 0. The van der Waals surface area contributed by atoms with E-state index >= 15 is 0 Å². The maximum Gasteiger partial charge on any atom is 0.252 e. The molecule has 4 heteroatoms. The molecule has 0 aliphatic heterocycles. The third-order valence-corrected chi connectivity index (χ3v) is 4.20. The normalized spacial score (nSPS) is 11.1. The first-order valence-corrected chi connectivity index (χ1v) is 7.99. The van der Waals surface area contributed by atoms with Crippen LogP contribution in [0.1, 0.15) is 22.3 Å². The van der Waals surface area contributed by atoms with Gasteiger partial charge in [0, 0.05) is 34.6 Å². The molecule has 0 amide bonds. The van der Waals surface area contributed by atoms with Gasteiger partial charge in [-0.15, -0.1) is 0 Å². The van der Waals surface area contributed by atoms with Gasteiger partial charge in [-0.05, 0) is 54.8 Å². The van der Waals surface area contributed by atoms with Crippen molar-refractivity contribution in [3.05, 3.63) is 80.1 Å². The molecule has 23 heavy (non-hydrogen) atoms. The number of benzene rings is 2. The summed E-state index contributed by atoms with van der Waals surface area (Å²) in [6.45, 7) is 5.33. The van der Waals surface area contributed by atoms with Gasteiger partial charge in [0.15, 0.2) is 0 Å². The van der Waals surface area contributed by atoms with Crippen molar-refractivity contribution >= 4 is 22.5 Å². The SMILES string of the molecule is Cc1cc(C)c2cc(CNCc3ccc(Cl)cc3)c(=O)[nH]c2c1. The fraction of sp³-hybridized carbons (Fsp3) is 0.211. The molecule has 0 unspecified atom stereocenters. The molecule has 0 fully saturated rings. The van der Waals surface area contributed by atoms with E-state index in [1.165, 1.54) is 5.56 Å². The number of fused-ring (bicyclic) bond motifs is 1. The molecule has 2 N–H and O–H groups in total. The van der Waals surface area contributed by atoms with Gasteiger partial charge in [0.05, 0.1) is 0 Å². The minimum atomic E-state index is -0.0360. The van der Waals surface area contributed by atoms with Gasteiger partial charge >= 0.3 is 0 Å². The van der Waals surface area contributed by atoms with Gasteiger partial charge in [0.25, 0.3) is 5.56 Å². The smallest absolute Gasteiger partial charge is 0.252 e. The lowest BCUT2D eigenvalue weighted by Crippen LogP contribution is -2.20. The number of halogens is 1. The first-order chi connectivity index (χ1) is 11.0. The van der Waals surface area contributed by atoms with E-state index < -0.39 is 0 Å². The van der Waals surface area contributed by atoms with Gasteiger partial charge in [-0.25, -0.2) is 0 Å². The minimum Gasteiger partial charge on any atom is -0.322 e. The van der Waals surface area contributed by atoms with Crippen LogP contribution in [0.3, 0.4) is 0 Å². The summed E-state index contributed by atoms with van der Waals surface area (Å²) in [6.07, 6.45) is 0. The molecule has 0 radical (unpaired) electrons. The summed E-state index contributed by atoms with van der Waals surface area (Å²) in [5, 5.41) is 5.13. The van der Waals surface area contributed by atoms with Gasteiger partial charge in [-0.2, -0.15) is 0 Å². The third-order valence-electron chi connectivity index (χ3n) is 3.95. The van der Waals surface area contributed by atoms with E-state index in [1.54, 1.807) is 0 Å². The maximum atomic E-state index is 12.2. The van der Waals surface area contributed by atoms with E-state index in [2.05, 4.69) is 23.3 Å². The Morgan fingerprint density at radius 2 is 1.78 bits per heavy atom. The number of H-pyrrole nitrogens is 1. The number of aromatic amines is 1. The predicted molar refractivity (Wildman–Crippen MR) is 96.0 cm³/mol. The molecular formula is C19H19ClN2O. The molecule has 0 aliphatic rings. The Hall–Kier alpha value is -2.10. The molecule has 3 rings (SSSR count). The van der Waals surface area contributed by atoms with Crippen LogP contribution in [0.5, 0.6) is 0 Å². The average Bonchev–Trinajstić information content (AvgIpc) is 2.50. The van der Waals surface area contributed by atoms with E-state index in [1.807, 2.05) is 43.3 Å². The van der Waals surface area contributed by atoms with Crippen molar-refractivity contribution < 1.29 is 0 Å². The maximum absolute atomic E-state index is 12.2. The standard InChI is InChI=1S/C19H19ClN2O/c1-12-7-13(2)17-9-15(19(23)22-18(17)8-12)11-21-10-14-3-5-16(20)6-4-14/h3-9,21H,10-11H2,1-2H3,(H,22,23). The van der Waals surface area contributed by atoms with E-state index in [0.29, 0.717) is 13.1 Å². The Labute approximate surface area is 140 Å². The van der Waals surface area contributed by atoms with Crippen molar-refractivity contribution in [2.24, 2.45) is 0 Å². The first-order valence-electron chi connectivity index (χ1n) is 7.61. The average molecular weight is 327 g/mol. The Morgan fingerprint density at radius 3 is 2.52 bits per heavy atom. The number of rotatable bonds is 4. The Bertz CT molecular complexity index is 898. The highest BCUT2D eigenvalue weighted by Crippen LogP contribution is 2.18. The largest absolute Gasteiger partial charge is 0.322 e. The fourth-order valence-corrected chi connectivity index (χ4v) is 2.92. The van der Waals surface area contributed by atoms with Crippen LogP contribution in [0.2, 0.25) is 5.02 Å². The van der Waals surface area contributed by atoms with Gasteiger partial charge in [0.2, 0.25) is 0 Å². The molecule has 3 aromatic rings. The molecule has 0 bridgehead atoms. The molecule has 0 spiro atoms. The number of hydrogen-bond donors (Lipinski definition) is 2. The third kappa shape index (κ3) is 3.63. The van der Waals surface area contributed by atoms with Crippen LogP contribution in [0, 0.1) is 13.8 Å². The van der Waals surface area contributed by atoms with Crippen molar-refractivity contribution in [2.45, 2.75) is 26.9 Å². The Morgan fingerprint density at radius 1 is 1.04 bits per heavy atom. The highest BCUT2D eigenvalue weighted by Gasteiger charge is 2.05. The van der Waals surface area contributed by atoms with Gasteiger partial charge in [-0.3, -0.25) is 4.79 Å². The molecular weight excluding hydrogens is 308 g/mol. The monoisotopic (exact) mass is 326 g/mol. The first kappa shape index (κ1) is 15.8. The number of aromatic nitrogens is 1. The second-order valence-electron chi connectivity index (χ2n) is 5.90. The second-order valence-corrected chi connectivity index (χ2v) is 6.33. The van der Waals surface area contributed by atoms with Crippen molar-refractivity contribution in [3.63, 3.8) is 0 Å². The second kappa shape index (κ2) is 6.57. The number of aryl methyl sites for hydroxylation is 2. The molecule has 0 aliphatic carbocycles. The van der Waals surface area contributed by atoms with Crippen molar-refractivity contribution in [2.75, 3.05) is 0 Å². The summed E-state index contributed by atoms with van der Waals surface area (Å²) in [5.41, 5.74) is 5.08. The zero-order valence-electron chi connectivity index (χ0n) is 13.2. The van der Waals surface area contributed by atoms with Gasteiger partial charge in [-0.1, -0.05) is 29.8 Å².